The van der Waals surface area contributed by atoms with Gasteiger partial charge in [0, 0.05) is 19.9 Å². The minimum atomic E-state index is -0.193. The van der Waals surface area contributed by atoms with E-state index in [9.17, 15) is 9.59 Å². The fourth-order valence-electron chi connectivity index (χ4n) is 2.83. The predicted molar refractivity (Wildman–Crippen MR) is 83.7 cm³/mol. The van der Waals surface area contributed by atoms with Gasteiger partial charge in [0.1, 0.15) is 12.4 Å². The van der Waals surface area contributed by atoms with E-state index in [2.05, 4.69) is 10.4 Å². The topological polar surface area (TPSA) is 89.6 Å². The highest BCUT2D eigenvalue weighted by Crippen LogP contribution is 2.23. The van der Waals surface area contributed by atoms with Gasteiger partial charge >= 0.3 is 0 Å². The van der Waals surface area contributed by atoms with Gasteiger partial charge in [0.15, 0.2) is 0 Å². The van der Waals surface area contributed by atoms with Crippen LogP contribution in [0.2, 0.25) is 0 Å². The number of rotatable bonds is 6. The highest BCUT2D eigenvalue weighted by molar-refractivity contribution is 5.78. The van der Waals surface area contributed by atoms with Gasteiger partial charge in [0.05, 0.1) is 37.5 Å². The monoisotopic (exact) mass is 332 g/mol. The smallest absolute Gasteiger partial charge is 0.248 e. The Morgan fingerprint density at radius 3 is 3.08 bits per heavy atom. The molecule has 0 saturated heterocycles. The van der Waals surface area contributed by atoms with E-state index in [1.807, 2.05) is 10.7 Å². The Hall–Kier alpha value is -2.61. The fraction of sp³-hybridized carbons (Fsp3) is 0.438. The fourth-order valence-corrected chi connectivity index (χ4v) is 2.83. The lowest BCUT2D eigenvalue weighted by atomic mass is 10.1. The lowest BCUT2D eigenvalue weighted by Crippen LogP contribution is -2.44. The first kappa shape index (κ1) is 16.3. The molecular formula is C16H20N4O4. The van der Waals surface area contributed by atoms with Crippen LogP contribution in [-0.4, -0.2) is 46.8 Å². The number of hydrogen-bond acceptors (Lipinski definition) is 5. The van der Waals surface area contributed by atoms with Crippen molar-refractivity contribution in [2.24, 2.45) is 0 Å². The van der Waals surface area contributed by atoms with Crippen LogP contribution in [0.4, 0.5) is 0 Å². The third-order valence-corrected chi connectivity index (χ3v) is 3.96. The number of hydrogen-bond donors (Lipinski definition) is 1. The molecule has 0 radical (unpaired) electrons. The summed E-state index contributed by atoms with van der Waals surface area (Å²) >= 11 is 0. The maximum Gasteiger partial charge on any atom is 0.248 e. The van der Waals surface area contributed by atoms with E-state index in [1.54, 1.807) is 29.5 Å². The number of carbonyl (C=O) groups is 2. The van der Waals surface area contributed by atoms with Gasteiger partial charge in [-0.25, -0.2) is 0 Å². The lowest BCUT2D eigenvalue weighted by Gasteiger charge is -2.33. The van der Waals surface area contributed by atoms with Crippen LogP contribution < -0.4 is 5.32 Å². The van der Waals surface area contributed by atoms with Crippen LogP contribution in [0.25, 0.3) is 0 Å². The number of nitrogens with zero attached hydrogens (tertiary/aromatic N) is 3. The van der Waals surface area contributed by atoms with Gasteiger partial charge in [-0.05, 0) is 18.2 Å². The number of methoxy groups -OCH3 is 1. The maximum atomic E-state index is 12.2. The molecule has 1 aliphatic heterocycles. The van der Waals surface area contributed by atoms with E-state index in [0.29, 0.717) is 25.4 Å². The number of fused-ring (bicyclic) bond motifs is 1. The van der Waals surface area contributed by atoms with Crippen LogP contribution in [0.5, 0.6) is 0 Å². The number of furan rings is 1. The van der Waals surface area contributed by atoms with Crippen molar-refractivity contribution in [3.63, 3.8) is 0 Å². The molecule has 24 heavy (non-hydrogen) atoms. The quantitative estimate of drug-likeness (QED) is 0.841. The van der Waals surface area contributed by atoms with Crippen molar-refractivity contribution in [3.05, 3.63) is 42.1 Å². The molecule has 128 valence electrons. The first-order valence-electron chi connectivity index (χ1n) is 7.75. The summed E-state index contributed by atoms with van der Waals surface area (Å²) in [6.07, 6.45) is 3.50. The number of carbonyl (C=O) groups excluding carboxylic acids is 2. The lowest BCUT2D eigenvalue weighted by molar-refractivity contribution is -0.138. The normalized spacial score (nSPS) is 16.7. The molecule has 8 nitrogen and oxygen atoms in total. The zero-order chi connectivity index (χ0) is 16.9. The molecule has 0 spiro atoms. The third kappa shape index (κ3) is 3.65. The molecule has 3 heterocycles. The van der Waals surface area contributed by atoms with E-state index < -0.39 is 0 Å². The number of ether oxygens (including phenoxy) is 1. The minimum absolute atomic E-state index is 0.0333. The second-order valence-electron chi connectivity index (χ2n) is 5.69. The van der Waals surface area contributed by atoms with Crippen molar-refractivity contribution >= 4 is 11.8 Å². The summed E-state index contributed by atoms with van der Waals surface area (Å²) in [5, 5.41) is 7.11. The van der Waals surface area contributed by atoms with E-state index in [1.165, 1.54) is 7.11 Å². The second kappa shape index (κ2) is 7.31. The molecule has 0 aromatic carbocycles. The zero-order valence-electron chi connectivity index (χ0n) is 13.5. The Bertz CT molecular complexity index is 695. The largest absolute Gasteiger partial charge is 0.467 e. The molecule has 8 heteroatoms. The van der Waals surface area contributed by atoms with E-state index >= 15 is 0 Å². The summed E-state index contributed by atoms with van der Waals surface area (Å²) in [5.41, 5.74) is 0.912. The summed E-state index contributed by atoms with van der Waals surface area (Å²) in [7, 11) is 1.49. The second-order valence-corrected chi connectivity index (χ2v) is 5.69. The van der Waals surface area contributed by atoms with Gasteiger partial charge in [-0.2, -0.15) is 5.10 Å². The van der Waals surface area contributed by atoms with Crippen LogP contribution in [0.1, 0.15) is 23.9 Å². The van der Waals surface area contributed by atoms with Gasteiger partial charge < -0.3 is 19.4 Å². The standard InChI is InChI=1S/C16H20N4O4/c1-23-11-16(22)19-9-12-4-5-18-20(12)13(10-19)7-15(21)17-8-14-3-2-6-24-14/h2-6,13H,7-11H2,1H3,(H,17,21). The summed E-state index contributed by atoms with van der Waals surface area (Å²) in [4.78, 5) is 26.0. The molecule has 0 aliphatic carbocycles. The summed E-state index contributed by atoms with van der Waals surface area (Å²) < 4.78 is 11.9. The highest BCUT2D eigenvalue weighted by Gasteiger charge is 2.29. The molecule has 0 bridgehead atoms. The average molecular weight is 332 g/mol. The highest BCUT2D eigenvalue weighted by atomic mass is 16.5. The molecule has 0 saturated carbocycles. The Morgan fingerprint density at radius 1 is 1.46 bits per heavy atom. The minimum Gasteiger partial charge on any atom is -0.467 e. The number of amides is 2. The Kier molecular flexibility index (Phi) is 4.95. The van der Waals surface area contributed by atoms with Crippen LogP contribution in [0, 0.1) is 0 Å². The van der Waals surface area contributed by atoms with E-state index in [4.69, 9.17) is 9.15 Å². The first-order chi connectivity index (χ1) is 11.7. The SMILES string of the molecule is COCC(=O)N1Cc2ccnn2C(CC(=O)NCc2ccco2)C1. The predicted octanol–water partition coefficient (Wildman–Crippen LogP) is 0.712. The molecule has 1 atom stereocenters. The molecule has 0 fully saturated rings. The van der Waals surface area contributed by atoms with Gasteiger partial charge in [-0.1, -0.05) is 0 Å². The molecule has 2 aromatic rings. The first-order valence-corrected chi connectivity index (χ1v) is 7.75. The van der Waals surface area contributed by atoms with Gasteiger partial charge in [-0.3, -0.25) is 14.3 Å². The zero-order valence-corrected chi connectivity index (χ0v) is 13.5. The molecule has 1 N–H and O–H groups in total. The van der Waals surface area contributed by atoms with E-state index in [0.717, 1.165) is 5.69 Å². The molecule has 2 amide bonds. The van der Waals surface area contributed by atoms with Gasteiger partial charge in [-0.15, -0.1) is 0 Å². The van der Waals surface area contributed by atoms with Crippen LogP contribution in [0.3, 0.4) is 0 Å². The summed E-state index contributed by atoms with van der Waals surface area (Å²) in [6, 6.07) is 5.25. The van der Waals surface area contributed by atoms with E-state index in [-0.39, 0.29) is 30.9 Å². The maximum absolute atomic E-state index is 12.2. The molecule has 2 aromatic heterocycles. The van der Waals surface area contributed by atoms with Crippen molar-refractivity contribution in [1.82, 2.24) is 20.0 Å². The molecule has 1 aliphatic rings. The number of aromatic nitrogens is 2. The average Bonchev–Trinajstić information content (AvgIpc) is 3.24. The summed E-state index contributed by atoms with van der Waals surface area (Å²) in [6.45, 7) is 1.29. The van der Waals surface area contributed by atoms with Gasteiger partial charge in [0.2, 0.25) is 11.8 Å². The van der Waals surface area contributed by atoms with Crippen LogP contribution >= 0.6 is 0 Å². The van der Waals surface area contributed by atoms with Crippen molar-refractivity contribution < 1.29 is 18.7 Å². The Morgan fingerprint density at radius 2 is 2.33 bits per heavy atom. The number of nitrogens with one attached hydrogen (secondary N) is 1. The van der Waals surface area contributed by atoms with Gasteiger partial charge in [0.25, 0.3) is 0 Å². The Balaban J connectivity index is 1.63. The van der Waals surface area contributed by atoms with Crippen LogP contribution in [0.15, 0.2) is 35.1 Å². The molecule has 3 rings (SSSR count). The van der Waals surface area contributed by atoms with Crippen molar-refractivity contribution in [2.45, 2.75) is 25.6 Å². The molecular weight excluding hydrogens is 312 g/mol. The van der Waals surface area contributed by atoms with Crippen molar-refractivity contribution in [1.29, 1.82) is 0 Å². The molecule has 1 unspecified atom stereocenters. The summed E-state index contributed by atoms with van der Waals surface area (Å²) in [5.74, 6) is 0.494. The van der Waals surface area contributed by atoms with Crippen molar-refractivity contribution in [3.8, 4) is 0 Å². The third-order valence-electron chi connectivity index (χ3n) is 3.96. The Labute approximate surface area is 139 Å². The van der Waals surface area contributed by atoms with Crippen LogP contribution in [-0.2, 0) is 27.4 Å². The van der Waals surface area contributed by atoms with Crippen molar-refractivity contribution in [2.75, 3.05) is 20.3 Å².